The number of rotatable bonds is 11. The summed E-state index contributed by atoms with van der Waals surface area (Å²) in [5.41, 5.74) is 10.4. The maximum Gasteiger partial charge on any atom is 0.325 e. The highest BCUT2D eigenvalue weighted by Crippen LogP contribution is 1.97. The first kappa shape index (κ1) is 24.2. The predicted octanol–water partition coefficient (Wildman–Crippen LogP) is -4.88. The Hall–Kier alpha value is -2.77. The van der Waals surface area contributed by atoms with Gasteiger partial charge in [-0.15, -0.1) is 0 Å². The van der Waals surface area contributed by atoms with Gasteiger partial charge < -0.3 is 42.7 Å². The van der Waals surface area contributed by atoms with E-state index in [1.54, 1.807) is 0 Å². The Morgan fingerprint density at radius 2 is 1.41 bits per heavy atom. The van der Waals surface area contributed by atoms with Crippen molar-refractivity contribution >= 4 is 29.6 Å². The summed E-state index contributed by atoms with van der Waals surface area (Å²) in [5, 5.41) is 33.5. The van der Waals surface area contributed by atoms with Crippen molar-refractivity contribution in [2.75, 3.05) is 6.61 Å². The van der Waals surface area contributed by atoms with E-state index in [1.165, 1.54) is 6.92 Å². The normalized spacial score (nSPS) is 16.2. The molecule has 154 valence electrons. The number of aliphatic hydroxyl groups excluding tert-OH is 2. The molecule has 0 aliphatic rings. The van der Waals surface area contributed by atoms with Crippen LogP contribution in [0.15, 0.2) is 0 Å². The molecule has 13 heteroatoms. The number of nitrogens with one attached hydrogen (secondary N) is 3. The molecule has 0 radical (unpaired) electrons. The fourth-order valence-corrected chi connectivity index (χ4v) is 1.74. The molecule has 10 N–H and O–H groups in total. The average Bonchev–Trinajstić information content (AvgIpc) is 2.56. The van der Waals surface area contributed by atoms with E-state index in [0.29, 0.717) is 0 Å². The van der Waals surface area contributed by atoms with Crippen LogP contribution in [0, 0.1) is 0 Å². The van der Waals surface area contributed by atoms with Crippen molar-refractivity contribution < 1.29 is 39.3 Å². The van der Waals surface area contributed by atoms with E-state index in [2.05, 4.69) is 16.0 Å². The fraction of sp³-hybridized carbons (Fsp3) is 0.643. The summed E-state index contributed by atoms with van der Waals surface area (Å²) in [6.07, 6.45) is -1.87. The topological polar surface area (TPSA) is 234 Å². The number of aliphatic hydroxyl groups is 2. The number of carbonyl (C=O) groups excluding carboxylic acids is 4. The van der Waals surface area contributed by atoms with Gasteiger partial charge in [-0.05, 0) is 13.8 Å². The summed E-state index contributed by atoms with van der Waals surface area (Å²) in [7, 11) is 0. The van der Waals surface area contributed by atoms with E-state index in [1.807, 2.05) is 0 Å². The molecule has 0 aromatic heterocycles. The van der Waals surface area contributed by atoms with Gasteiger partial charge in [0.25, 0.3) is 0 Å². The highest BCUT2D eigenvalue weighted by molar-refractivity contribution is 5.96. The quantitative estimate of drug-likeness (QED) is 0.168. The minimum absolute atomic E-state index is 0.650. The SMILES string of the molecule is CC(NC(=O)C(CC(N)=O)NC(=O)C(CO)NC(=O)C(N)C(C)O)C(=O)O. The zero-order chi connectivity index (χ0) is 21.3. The van der Waals surface area contributed by atoms with Gasteiger partial charge in [-0.25, -0.2) is 0 Å². The Bertz CT molecular complexity index is 582. The summed E-state index contributed by atoms with van der Waals surface area (Å²) >= 11 is 0. The van der Waals surface area contributed by atoms with E-state index < -0.39 is 72.9 Å². The van der Waals surface area contributed by atoms with Gasteiger partial charge in [0.1, 0.15) is 24.2 Å². The van der Waals surface area contributed by atoms with Crippen molar-refractivity contribution in [2.24, 2.45) is 11.5 Å². The Morgan fingerprint density at radius 3 is 1.81 bits per heavy atom. The van der Waals surface area contributed by atoms with Crippen LogP contribution in [-0.2, 0) is 24.0 Å². The third-order valence-electron chi connectivity index (χ3n) is 3.41. The molecule has 0 heterocycles. The third kappa shape index (κ3) is 8.44. The first-order chi connectivity index (χ1) is 12.4. The maximum atomic E-state index is 12.2. The van der Waals surface area contributed by atoms with Gasteiger partial charge in [-0.3, -0.25) is 24.0 Å². The maximum absolute atomic E-state index is 12.2. The summed E-state index contributed by atoms with van der Waals surface area (Å²) in [4.78, 5) is 57.9. The molecule has 27 heavy (non-hydrogen) atoms. The summed E-state index contributed by atoms with van der Waals surface area (Å²) in [6, 6.07) is -5.74. The van der Waals surface area contributed by atoms with Crippen molar-refractivity contribution in [1.29, 1.82) is 0 Å². The van der Waals surface area contributed by atoms with E-state index in [0.717, 1.165) is 6.92 Å². The van der Waals surface area contributed by atoms with Gasteiger partial charge in [-0.1, -0.05) is 0 Å². The van der Waals surface area contributed by atoms with Crippen LogP contribution in [0.2, 0.25) is 0 Å². The number of aliphatic carboxylic acids is 1. The second-order valence-electron chi connectivity index (χ2n) is 5.81. The van der Waals surface area contributed by atoms with Crippen LogP contribution in [0.25, 0.3) is 0 Å². The zero-order valence-corrected chi connectivity index (χ0v) is 14.8. The lowest BCUT2D eigenvalue weighted by Crippen LogP contribution is -2.59. The lowest BCUT2D eigenvalue weighted by atomic mass is 10.1. The molecular formula is C14H25N5O8. The molecule has 5 unspecified atom stereocenters. The van der Waals surface area contributed by atoms with E-state index in [-0.39, 0.29) is 0 Å². The number of primary amides is 1. The molecule has 0 fully saturated rings. The molecule has 0 saturated heterocycles. The minimum Gasteiger partial charge on any atom is -0.480 e. The van der Waals surface area contributed by atoms with Crippen LogP contribution in [0.3, 0.4) is 0 Å². The van der Waals surface area contributed by atoms with Gasteiger partial charge >= 0.3 is 5.97 Å². The molecule has 13 nitrogen and oxygen atoms in total. The molecule has 0 saturated carbocycles. The van der Waals surface area contributed by atoms with Gasteiger partial charge in [0.05, 0.1) is 19.1 Å². The smallest absolute Gasteiger partial charge is 0.325 e. The van der Waals surface area contributed by atoms with Crippen molar-refractivity contribution in [3.05, 3.63) is 0 Å². The number of nitrogens with two attached hydrogens (primary N) is 2. The van der Waals surface area contributed by atoms with Gasteiger partial charge in [0, 0.05) is 0 Å². The highest BCUT2D eigenvalue weighted by Gasteiger charge is 2.30. The number of carbonyl (C=O) groups is 5. The third-order valence-corrected chi connectivity index (χ3v) is 3.41. The Kier molecular flexibility index (Phi) is 9.92. The minimum atomic E-state index is -1.54. The average molecular weight is 391 g/mol. The van der Waals surface area contributed by atoms with Crippen LogP contribution in [-0.4, -0.2) is 81.8 Å². The molecule has 0 aliphatic heterocycles. The van der Waals surface area contributed by atoms with Crippen molar-refractivity contribution in [1.82, 2.24) is 16.0 Å². The molecule has 0 aromatic rings. The monoisotopic (exact) mass is 391 g/mol. The lowest BCUT2D eigenvalue weighted by Gasteiger charge is -2.23. The molecule has 0 rings (SSSR count). The van der Waals surface area contributed by atoms with Crippen molar-refractivity contribution in [3.63, 3.8) is 0 Å². The number of hydrogen-bond acceptors (Lipinski definition) is 8. The number of amides is 4. The highest BCUT2D eigenvalue weighted by atomic mass is 16.4. The molecule has 4 amide bonds. The second kappa shape index (κ2) is 11.1. The number of carboxylic acids is 1. The molecular weight excluding hydrogens is 366 g/mol. The van der Waals surface area contributed by atoms with Crippen LogP contribution < -0.4 is 27.4 Å². The zero-order valence-electron chi connectivity index (χ0n) is 14.8. The summed E-state index contributed by atoms with van der Waals surface area (Å²) < 4.78 is 0. The van der Waals surface area contributed by atoms with Gasteiger partial charge in [0.15, 0.2) is 0 Å². The fourth-order valence-electron chi connectivity index (χ4n) is 1.74. The number of carboxylic acid groups (broad SMARTS) is 1. The molecule has 0 aromatic carbocycles. The molecule has 0 bridgehead atoms. The Labute approximate surface area is 154 Å². The number of hydrogen-bond donors (Lipinski definition) is 8. The first-order valence-electron chi connectivity index (χ1n) is 7.87. The first-order valence-corrected chi connectivity index (χ1v) is 7.87. The molecule has 5 atom stereocenters. The van der Waals surface area contributed by atoms with E-state index >= 15 is 0 Å². The molecule has 0 spiro atoms. The van der Waals surface area contributed by atoms with Crippen molar-refractivity contribution in [3.8, 4) is 0 Å². The van der Waals surface area contributed by atoms with Gasteiger partial charge in [0.2, 0.25) is 23.6 Å². The van der Waals surface area contributed by atoms with E-state index in [9.17, 15) is 34.2 Å². The lowest BCUT2D eigenvalue weighted by molar-refractivity contribution is -0.142. The van der Waals surface area contributed by atoms with Crippen LogP contribution in [0.4, 0.5) is 0 Å². The largest absolute Gasteiger partial charge is 0.480 e. The molecule has 0 aliphatic carbocycles. The summed E-state index contributed by atoms with van der Waals surface area (Å²) in [6.45, 7) is 1.53. The standard InChI is InChI=1S/C14H25N5O8/c1-5(14(26)27)17-11(23)7(3-9(15)22)18-12(24)8(4-20)19-13(25)10(16)6(2)21/h5-8,10,20-21H,3-4,16H2,1-2H3,(H2,15,22)(H,17,23)(H,18,24)(H,19,25)(H,26,27). The second-order valence-corrected chi connectivity index (χ2v) is 5.81. The van der Waals surface area contributed by atoms with E-state index in [4.69, 9.17) is 16.6 Å². The van der Waals surface area contributed by atoms with Crippen LogP contribution in [0.5, 0.6) is 0 Å². The predicted molar refractivity (Wildman–Crippen MR) is 89.7 cm³/mol. The van der Waals surface area contributed by atoms with Crippen molar-refractivity contribution in [2.45, 2.75) is 50.5 Å². The van der Waals surface area contributed by atoms with Crippen LogP contribution in [0.1, 0.15) is 20.3 Å². The van der Waals surface area contributed by atoms with Gasteiger partial charge in [-0.2, -0.15) is 0 Å². The Morgan fingerprint density at radius 1 is 0.926 bits per heavy atom. The Balaban J connectivity index is 5.13. The summed E-state index contributed by atoms with van der Waals surface area (Å²) in [5.74, 6) is -5.29. The van der Waals surface area contributed by atoms with Crippen LogP contribution >= 0.6 is 0 Å².